The molecule has 146 valence electrons. The molecule has 3 aromatic carbocycles. The summed E-state index contributed by atoms with van der Waals surface area (Å²) in [6.45, 7) is 8.34. The first-order valence-corrected chi connectivity index (χ1v) is 10.8. The lowest BCUT2D eigenvalue weighted by Crippen LogP contribution is -2.05. The minimum Gasteiger partial charge on any atom is -0.408 e. The average molecular weight is 394 g/mol. The standard InChI is InChI=1S/C24H27O3P/c1-5-20-11-7-9-13-23(20)26-28(25-22-16-15-18(3)17-19(22)4)27-24-14-10-8-12-21(24)6-2/h7-17H,5-6H2,1-4H3. The van der Waals surface area contributed by atoms with Crippen molar-refractivity contribution in [3.8, 4) is 17.2 Å². The summed E-state index contributed by atoms with van der Waals surface area (Å²) in [5.74, 6) is 2.38. The van der Waals surface area contributed by atoms with Crippen LogP contribution in [0, 0.1) is 13.8 Å². The van der Waals surface area contributed by atoms with Gasteiger partial charge in [-0.3, -0.25) is 0 Å². The highest BCUT2D eigenvalue weighted by molar-refractivity contribution is 7.43. The van der Waals surface area contributed by atoms with Gasteiger partial charge in [-0.1, -0.05) is 67.9 Å². The van der Waals surface area contributed by atoms with E-state index in [0.29, 0.717) is 0 Å². The van der Waals surface area contributed by atoms with Gasteiger partial charge in [0.05, 0.1) is 0 Å². The fraction of sp³-hybridized carbons (Fsp3) is 0.250. The van der Waals surface area contributed by atoms with Crippen molar-refractivity contribution in [2.24, 2.45) is 0 Å². The molecule has 28 heavy (non-hydrogen) atoms. The highest BCUT2D eigenvalue weighted by Crippen LogP contribution is 2.45. The molecule has 0 saturated heterocycles. The van der Waals surface area contributed by atoms with Crippen molar-refractivity contribution in [2.75, 3.05) is 0 Å². The molecule has 0 heterocycles. The van der Waals surface area contributed by atoms with Crippen LogP contribution in [0.2, 0.25) is 0 Å². The van der Waals surface area contributed by atoms with Gasteiger partial charge in [-0.2, -0.15) is 0 Å². The van der Waals surface area contributed by atoms with Crippen LogP contribution in [0.15, 0.2) is 66.7 Å². The van der Waals surface area contributed by atoms with E-state index in [9.17, 15) is 0 Å². The molecule has 3 aromatic rings. The number of rotatable bonds is 8. The van der Waals surface area contributed by atoms with Gasteiger partial charge in [0, 0.05) is 0 Å². The summed E-state index contributed by atoms with van der Waals surface area (Å²) < 4.78 is 18.7. The zero-order chi connectivity index (χ0) is 19.9. The van der Waals surface area contributed by atoms with Crippen LogP contribution in [0.5, 0.6) is 17.2 Å². The molecule has 0 aliphatic carbocycles. The smallest absolute Gasteiger partial charge is 0.408 e. The molecule has 0 fully saturated rings. The van der Waals surface area contributed by atoms with Gasteiger partial charge in [-0.05, 0) is 61.6 Å². The van der Waals surface area contributed by atoms with Crippen molar-refractivity contribution >= 4 is 8.60 Å². The summed E-state index contributed by atoms with van der Waals surface area (Å²) in [4.78, 5) is 0. The Morgan fingerprint density at radius 3 is 1.64 bits per heavy atom. The van der Waals surface area contributed by atoms with Crippen molar-refractivity contribution in [3.05, 3.63) is 89.0 Å². The third kappa shape index (κ3) is 5.05. The van der Waals surface area contributed by atoms with Crippen LogP contribution in [-0.4, -0.2) is 0 Å². The third-order valence-corrected chi connectivity index (χ3v) is 5.59. The average Bonchev–Trinajstić information content (AvgIpc) is 2.71. The zero-order valence-electron chi connectivity index (χ0n) is 16.9. The number of para-hydroxylation sites is 2. The fourth-order valence-electron chi connectivity index (χ4n) is 2.97. The summed E-state index contributed by atoms with van der Waals surface area (Å²) in [6, 6.07) is 22.2. The van der Waals surface area contributed by atoms with Crippen LogP contribution in [0.25, 0.3) is 0 Å². The van der Waals surface area contributed by atoms with Crippen molar-refractivity contribution in [2.45, 2.75) is 40.5 Å². The Bertz CT molecular complexity index is 874. The zero-order valence-corrected chi connectivity index (χ0v) is 17.8. The van der Waals surface area contributed by atoms with Gasteiger partial charge >= 0.3 is 8.60 Å². The Kier molecular flexibility index (Phi) is 6.95. The van der Waals surface area contributed by atoms with Gasteiger partial charge in [0.15, 0.2) is 0 Å². The second kappa shape index (κ2) is 9.61. The van der Waals surface area contributed by atoms with Crippen LogP contribution >= 0.6 is 8.60 Å². The Labute approximate surface area is 169 Å². The van der Waals surface area contributed by atoms with Crippen LogP contribution in [0.4, 0.5) is 0 Å². The maximum absolute atomic E-state index is 6.25. The minimum atomic E-state index is -1.66. The molecular formula is C24H27O3P. The lowest BCUT2D eigenvalue weighted by molar-refractivity contribution is 0.384. The Hall–Kier alpha value is -2.51. The number of hydrogen-bond donors (Lipinski definition) is 0. The normalized spacial score (nSPS) is 10.8. The van der Waals surface area contributed by atoms with Gasteiger partial charge in [0.25, 0.3) is 0 Å². The monoisotopic (exact) mass is 394 g/mol. The van der Waals surface area contributed by atoms with Crippen molar-refractivity contribution < 1.29 is 13.6 Å². The molecule has 0 radical (unpaired) electrons. The molecule has 4 heteroatoms. The summed E-state index contributed by atoms with van der Waals surface area (Å²) >= 11 is 0. The Balaban J connectivity index is 1.90. The first-order valence-electron chi connectivity index (χ1n) is 9.67. The van der Waals surface area contributed by atoms with E-state index in [2.05, 4.69) is 39.0 Å². The molecule has 0 N–H and O–H groups in total. The molecule has 0 unspecified atom stereocenters. The maximum Gasteiger partial charge on any atom is 0.530 e. The quantitative estimate of drug-likeness (QED) is 0.378. The number of hydrogen-bond acceptors (Lipinski definition) is 3. The molecule has 0 bridgehead atoms. The molecule has 0 saturated carbocycles. The number of benzene rings is 3. The maximum atomic E-state index is 6.25. The van der Waals surface area contributed by atoms with E-state index in [1.807, 2.05) is 55.5 Å². The van der Waals surface area contributed by atoms with E-state index >= 15 is 0 Å². The van der Waals surface area contributed by atoms with Crippen molar-refractivity contribution in [3.63, 3.8) is 0 Å². The second-order valence-corrected chi connectivity index (χ2v) is 7.68. The molecule has 0 spiro atoms. The van der Waals surface area contributed by atoms with E-state index in [0.717, 1.165) is 46.8 Å². The summed E-state index contributed by atoms with van der Waals surface area (Å²) in [5.41, 5.74) is 4.52. The van der Waals surface area contributed by atoms with E-state index in [1.165, 1.54) is 5.56 Å². The molecule has 0 aliphatic rings. The van der Waals surface area contributed by atoms with Gasteiger partial charge in [0.1, 0.15) is 17.2 Å². The second-order valence-electron chi connectivity index (χ2n) is 6.69. The molecule has 0 aromatic heterocycles. The van der Waals surface area contributed by atoms with Crippen LogP contribution in [0.3, 0.4) is 0 Å². The van der Waals surface area contributed by atoms with Gasteiger partial charge in [-0.15, -0.1) is 0 Å². The lowest BCUT2D eigenvalue weighted by atomic mass is 10.1. The summed E-state index contributed by atoms with van der Waals surface area (Å²) in [5, 5.41) is 0. The fourth-order valence-corrected chi connectivity index (χ4v) is 4.12. The number of aryl methyl sites for hydroxylation is 4. The Morgan fingerprint density at radius 2 is 1.14 bits per heavy atom. The molecule has 0 aliphatic heterocycles. The largest absolute Gasteiger partial charge is 0.530 e. The van der Waals surface area contributed by atoms with E-state index in [4.69, 9.17) is 13.6 Å². The van der Waals surface area contributed by atoms with E-state index < -0.39 is 8.60 Å². The van der Waals surface area contributed by atoms with Gasteiger partial charge in [-0.25, -0.2) is 0 Å². The van der Waals surface area contributed by atoms with Gasteiger partial charge < -0.3 is 13.6 Å². The Morgan fingerprint density at radius 1 is 0.643 bits per heavy atom. The van der Waals surface area contributed by atoms with Gasteiger partial charge in [0.2, 0.25) is 0 Å². The first-order chi connectivity index (χ1) is 13.6. The first kappa shape index (κ1) is 20.2. The minimum absolute atomic E-state index is 0.777. The van der Waals surface area contributed by atoms with E-state index in [-0.39, 0.29) is 0 Å². The molecule has 3 nitrogen and oxygen atoms in total. The molecular weight excluding hydrogens is 367 g/mol. The van der Waals surface area contributed by atoms with Crippen LogP contribution in [-0.2, 0) is 12.8 Å². The van der Waals surface area contributed by atoms with Crippen molar-refractivity contribution in [1.82, 2.24) is 0 Å². The summed E-state index contributed by atoms with van der Waals surface area (Å²) in [7, 11) is -1.66. The molecule has 3 rings (SSSR count). The highest BCUT2D eigenvalue weighted by Gasteiger charge is 2.23. The molecule has 0 atom stereocenters. The topological polar surface area (TPSA) is 27.7 Å². The summed E-state index contributed by atoms with van der Waals surface area (Å²) in [6.07, 6.45) is 1.77. The van der Waals surface area contributed by atoms with Crippen LogP contribution < -0.4 is 13.6 Å². The molecule has 0 amide bonds. The van der Waals surface area contributed by atoms with E-state index in [1.54, 1.807) is 0 Å². The van der Waals surface area contributed by atoms with Crippen LogP contribution in [0.1, 0.15) is 36.1 Å². The highest BCUT2D eigenvalue weighted by atomic mass is 31.2. The predicted molar refractivity (Wildman–Crippen MR) is 116 cm³/mol. The SMILES string of the molecule is CCc1ccccc1OP(Oc1ccc(C)cc1C)Oc1ccccc1CC. The van der Waals surface area contributed by atoms with Crippen molar-refractivity contribution in [1.29, 1.82) is 0 Å². The predicted octanol–water partition coefficient (Wildman–Crippen LogP) is 7.19. The third-order valence-electron chi connectivity index (χ3n) is 4.56. The lowest BCUT2D eigenvalue weighted by Gasteiger charge is -2.21.